The molecule has 0 bridgehead atoms. The second-order valence-electron chi connectivity index (χ2n) is 4.14. The minimum absolute atomic E-state index is 0.296. The summed E-state index contributed by atoms with van der Waals surface area (Å²) >= 11 is 0. The molecule has 0 aromatic carbocycles. The lowest BCUT2D eigenvalue weighted by Crippen LogP contribution is -2.60. The summed E-state index contributed by atoms with van der Waals surface area (Å²) in [4.78, 5) is 35.5. The number of amides is 3. The highest BCUT2D eigenvalue weighted by molar-refractivity contribution is 5.91. The van der Waals surface area contributed by atoms with Gasteiger partial charge in [-0.05, 0) is 6.42 Å². The minimum Gasteiger partial charge on any atom is -0.481 e. The molecule has 1 heterocycles. The Balaban J connectivity index is 2.56. The monoisotopic (exact) mass is 267 g/mol. The Hall–Kier alpha value is -2.23. The molecule has 3 amide bonds. The van der Waals surface area contributed by atoms with Gasteiger partial charge in [0.1, 0.15) is 6.04 Å². The van der Waals surface area contributed by atoms with E-state index in [1.165, 1.54) is 4.90 Å². The number of rotatable bonds is 5. The summed E-state index contributed by atoms with van der Waals surface area (Å²) in [5, 5.41) is 13.9. The SMILES string of the molecule is C#CCCCNC(=O)N1CCNC(=O)C1CC(=O)O. The highest BCUT2D eigenvalue weighted by atomic mass is 16.4. The van der Waals surface area contributed by atoms with Crippen molar-refractivity contribution in [1.82, 2.24) is 15.5 Å². The van der Waals surface area contributed by atoms with Gasteiger partial charge in [0.2, 0.25) is 5.91 Å². The number of carbonyl (C=O) groups is 3. The lowest BCUT2D eigenvalue weighted by molar-refractivity contribution is -0.142. The van der Waals surface area contributed by atoms with Gasteiger partial charge in [-0.25, -0.2) is 4.79 Å². The average Bonchev–Trinajstić information content (AvgIpc) is 2.36. The molecular weight excluding hydrogens is 250 g/mol. The van der Waals surface area contributed by atoms with Gasteiger partial charge in [0.05, 0.1) is 6.42 Å². The summed E-state index contributed by atoms with van der Waals surface area (Å²) in [6.45, 7) is 1.03. The number of nitrogens with one attached hydrogen (secondary N) is 2. The van der Waals surface area contributed by atoms with E-state index in [1.54, 1.807) is 0 Å². The number of carboxylic acids is 1. The predicted octanol–water partition coefficient (Wildman–Crippen LogP) is -0.615. The van der Waals surface area contributed by atoms with Crippen LogP contribution in [-0.4, -0.2) is 53.6 Å². The van der Waals surface area contributed by atoms with Gasteiger partial charge in [-0.15, -0.1) is 12.3 Å². The molecule has 7 heteroatoms. The molecule has 0 spiro atoms. The molecule has 19 heavy (non-hydrogen) atoms. The van der Waals surface area contributed by atoms with E-state index < -0.39 is 30.4 Å². The molecule has 1 rings (SSSR count). The van der Waals surface area contributed by atoms with Gasteiger partial charge in [0.25, 0.3) is 0 Å². The number of unbranched alkanes of at least 4 members (excludes halogenated alkanes) is 1. The topological polar surface area (TPSA) is 98.7 Å². The molecule has 0 aromatic heterocycles. The van der Waals surface area contributed by atoms with Gasteiger partial charge in [0.15, 0.2) is 0 Å². The van der Waals surface area contributed by atoms with Crippen molar-refractivity contribution in [3.63, 3.8) is 0 Å². The van der Waals surface area contributed by atoms with Crippen LogP contribution in [0, 0.1) is 12.3 Å². The molecule has 1 unspecified atom stereocenters. The third-order valence-electron chi connectivity index (χ3n) is 2.73. The number of terminal acetylenes is 1. The maximum atomic E-state index is 11.9. The summed E-state index contributed by atoms with van der Waals surface area (Å²) in [7, 11) is 0. The first-order chi connectivity index (χ1) is 9.06. The van der Waals surface area contributed by atoms with Crippen LogP contribution in [0.4, 0.5) is 4.79 Å². The Bertz CT molecular complexity index is 402. The second kappa shape index (κ2) is 7.26. The van der Waals surface area contributed by atoms with Crippen LogP contribution in [-0.2, 0) is 9.59 Å². The van der Waals surface area contributed by atoms with Gasteiger partial charge >= 0.3 is 12.0 Å². The summed E-state index contributed by atoms with van der Waals surface area (Å²) in [5.74, 6) is 0.900. The molecule has 0 aromatic rings. The molecule has 1 atom stereocenters. The largest absolute Gasteiger partial charge is 0.481 e. The zero-order chi connectivity index (χ0) is 14.3. The zero-order valence-corrected chi connectivity index (χ0v) is 10.5. The Morgan fingerprint density at radius 1 is 1.58 bits per heavy atom. The lowest BCUT2D eigenvalue weighted by atomic mass is 10.1. The summed E-state index contributed by atoms with van der Waals surface area (Å²) in [6, 6.07) is -1.39. The molecule has 104 valence electrons. The molecule has 1 aliphatic heterocycles. The van der Waals surface area contributed by atoms with Crippen LogP contribution in [0.1, 0.15) is 19.3 Å². The Morgan fingerprint density at radius 3 is 2.95 bits per heavy atom. The van der Waals surface area contributed by atoms with E-state index in [0.29, 0.717) is 32.5 Å². The van der Waals surface area contributed by atoms with Crippen molar-refractivity contribution in [2.45, 2.75) is 25.3 Å². The van der Waals surface area contributed by atoms with Crippen molar-refractivity contribution in [3.8, 4) is 12.3 Å². The Kier molecular flexibility index (Phi) is 5.67. The quantitative estimate of drug-likeness (QED) is 0.457. The number of carboxylic acid groups (broad SMARTS) is 1. The average molecular weight is 267 g/mol. The molecule has 0 radical (unpaired) electrons. The van der Waals surface area contributed by atoms with Crippen molar-refractivity contribution in [2.24, 2.45) is 0 Å². The summed E-state index contributed by atoms with van der Waals surface area (Å²) in [5.41, 5.74) is 0. The van der Waals surface area contributed by atoms with Crippen LogP contribution in [0.5, 0.6) is 0 Å². The first-order valence-corrected chi connectivity index (χ1v) is 6.03. The predicted molar refractivity (Wildman–Crippen MR) is 67.2 cm³/mol. The van der Waals surface area contributed by atoms with E-state index in [1.807, 2.05) is 0 Å². The lowest BCUT2D eigenvalue weighted by Gasteiger charge is -2.34. The molecule has 0 saturated carbocycles. The maximum Gasteiger partial charge on any atom is 0.318 e. The number of piperazine rings is 1. The highest BCUT2D eigenvalue weighted by Gasteiger charge is 2.34. The van der Waals surface area contributed by atoms with E-state index in [4.69, 9.17) is 11.5 Å². The normalized spacial score (nSPS) is 18.4. The molecule has 3 N–H and O–H groups in total. The smallest absolute Gasteiger partial charge is 0.318 e. The Morgan fingerprint density at radius 2 is 2.32 bits per heavy atom. The molecule has 1 saturated heterocycles. The van der Waals surface area contributed by atoms with Crippen molar-refractivity contribution >= 4 is 17.9 Å². The number of nitrogens with zero attached hydrogens (tertiary/aromatic N) is 1. The van der Waals surface area contributed by atoms with E-state index in [-0.39, 0.29) is 0 Å². The van der Waals surface area contributed by atoms with E-state index >= 15 is 0 Å². The second-order valence-corrected chi connectivity index (χ2v) is 4.14. The molecule has 7 nitrogen and oxygen atoms in total. The first-order valence-electron chi connectivity index (χ1n) is 6.03. The molecular formula is C12H17N3O4. The van der Waals surface area contributed by atoms with Gasteiger partial charge in [-0.2, -0.15) is 0 Å². The van der Waals surface area contributed by atoms with Crippen LogP contribution in [0.15, 0.2) is 0 Å². The molecule has 1 aliphatic rings. The minimum atomic E-state index is -1.12. The van der Waals surface area contributed by atoms with Gasteiger partial charge in [-0.1, -0.05) is 0 Å². The zero-order valence-electron chi connectivity index (χ0n) is 10.5. The maximum absolute atomic E-state index is 11.9. The van der Waals surface area contributed by atoms with E-state index in [9.17, 15) is 14.4 Å². The number of hydrogen-bond donors (Lipinski definition) is 3. The fourth-order valence-electron chi connectivity index (χ4n) is 1.81. The van der Waals surface area contributed by atoms with Crippen LogP contribution >= 0.6 is 0 Å². The van der Waals surface area contributed by atoms with E-state index in [2.05, 4.69) is 16.6 Å². The van der Waals surface area contributed by atoms with Crippen molar-refractivity contribution in [1.29, 1.82) is 0 Å². The fourth-order valence-corrected chi connectivity index (χ4v) is 1.81. The van der Waals surface area contributed by atoms with Crippen LogP contribution < -0.4 is 10.6 Å². The molecule has 0 aliphatic carbocycles. The van der Waals surface area contributed by atoms with Crippen LogP contribution in [0.2, 0.25) is 0 Å². The highest BCUT2D eigenvalue weighted by Crippen LogP contribution is 2.09. The third kappa shape index (κ3) is 4.50. The Labute approximate surface area is 111 Å². The van der Waals surface area contributed by atoms with Gasteiger partial charge < -0.3 is 20.6 Å². The van der Waals surface area contributed by atoms with Crippen molar-refractivity contribution in [3.05, 3.63) is 0 Å². The summed E-state index contributed by atoms with van der Waals surface area (Å²) < 4.78 is 0. The number of carbonyl (C=O) groups excluding carboxylic acids is 2. The van der Waals surface area contributed by atoms with Crippen LogP contribution in [0.3, 0.4) is 0 Å². The van der Waals surface area contributed by atoms with Crippen molar-refractivity contribution < 1.29 is 19.5 Å². The van der Waals surface area contributed by atoms with E-state index in [0.717, 1.165) is 0 Å². The summed E-state index contributed by atoms with van der Waals surface area (Å²) in [6.07, 6.45) is 5.89. The van der Waals surface area contributed by atoms with Crippen LogP contribution in [0.25, 0.3) is 0 Å². The standard InChI is InChI=1S/C12H17N3O4/c1-2-3-4-5-14-12(19)15-7-6-13-11(18)9(15)8-10(16)17/h1,9H,3-8H2,(H,13,18)(H,14,19)(H,16,17). The number of urea groups is 1. The molecule has 1 fully saturated rings. The van der Waals surface area contributed by atoms with Gasteiger partial charge in [-0.3, -0.25) is 9.59 Å². The van der Waals surface area contributed by atoms with Crippen molar-refractivity contribution in [2.75, 3.05) is 19.6 Å². The van der Waals surface area contributed by atoms with Gasteiger partial charge in [0, 0.05) is 26.1 Å². The first kappa shape index (κ1) is 14.8. The number of aliphatic carboxylic acids is 1. The third-order valence-corrected chi connectivity index (χ3v) is 2.73. The fraction of sp³-hybridized carbons (Fsp3) is 0.583. The number of hydrogen-bond acceptors (Lipinski definition) is 3.